The first-order valence-corrected chi connectivity index (χ1v) is 9.16. The van der Waals surface area contributed by atoms with Crippen LogP contribution in [0.15, 0.2) is 76.8 Å². The number of hydrogen-bond acceptors (Lipinski definition) is 6. The van der Waals surface area contributed by atoms with Crippen LogP contribution in [0, 0.1) is 0 Å². The van der Waals surface area contributed by atoms with Gasteiger partial charge in [-0.25, -0.2) is 19.5 Å². The standard InChI is InChI=1S/C22H18N4O3/c27-14-18-13-26(25-20(18)17-9-5-2-6-10-17)19-11-12-23-21(24-19)22(28)29-15-16-7-3-1-4-8-16/h1-10,12-14,19H,11,15H2. The molecule has 2 aromatic carbocycles. The maximum atomic E-state index is 12.3. The van der Waals surface area contributed by atoms with E-state index in [1.165, 1.54) is 0 Å². The predicted octanol–water partition coefficient (Wildman–Crippen LogP) is 3.48. The van der Waals surface area contributed by atoms with E-state index >= 15 is 0 Å². The second-order valence-corrected chi connectivity index (χ2v) is 6.44. The van der Waals surface area contributed by atoms with Crippen molar-refractivity contribution >= 4 is 24.3 Å². The monoisotopic (exact) mass is 386 g/mol. The van der Waals surface area contributed by atoms with Crippen LogP contribution in [-0.2, 0) is 16.1 Å². The average molecular weight is 386 g/mol. The highest BCUT2D eigenvalue weighted by Crippen LogP contribution is 2.24. The van der Waals surface area contributed by atoms with Crippen molar-refractivity contribution in [2.45, 2.75) is 19.2 Å². The Bertz CT molecular complexity index is 1070. The van der Waals surface area contributed by atoms with Crippen LogP contribution in [0.3, 0.4) is 0 Å². The molecule has 2 heterocycles. The van der Waals surface area contributed by atoms with Gasteiger partial charge in [0.05, 0.1) is 5.56 Å². The first-order valence-electron chi connectivity index (χ1n) is 9.16. The molecule has 7 heteroatoms. The normalized spacial score (nSPS) is 15.6. The van der Waals surface area contributed by atoms with Crippen molar-refractivity contribution in [2.24, 2.45) is 9.98 Å². The molecular weight excluding hydrogens is 368 g/mol. The average Bonchev–Trinajstić information content (AvgIpc) is 3.23. The number of aliphatic imine (C=N–C) groups is 2. The van der Waals surface area contributed by atoms with Gasteiger partial charge in [-0.1, -0.05) is 60.7 Å². The van der Waals surface area contributed by atoms with Crippen LogP contribution in [0.2, 0.25) is 0 Å². The van der Waals surface area contributed by atoms with Crippen molar-refractivity contribution in [3.05, 3.63) is 78.0 Å². The zero-order chi connectivity index (χ0) is 20.1. The van der Waals surface area contributed by atoms with Gasteiger partial charge in [-0.05, 0) is 5.56 Å². The Balaban J connectivity index is 1.53. The Morgan fingerprint density at radius 3 is 2.55 bits per heavy atom. The van der Waals surface area contributed by atoms with E-state index < -0.39 is 12.1 Å². The third-order valence-corrected chi connectivity index (χ3v) is 4.44. The highest BCUT2D eigenvalue weighted by atomic mass is 16.5. The lowest BCUT2D eigenvalue weighted by Crippen LogP contribution is -2.22. The Kier molecular flexibility index (Phi) is 5.38. The van der Waals surface area contributed by atoms with Gasteiger partial charge in [-0.2, -0.15) is 5.10 Å². The summed E-state index contributed by atoms with van der Waals surface area (Å²) in [7, 11) is 0. The lowest BCUT2D eigenvalue weighted by molar-refractivity contribution is -0.136. The van der Waals surface area contributed by atoms with Crippen LogP contribution in [-0.4, -0.2) is 34.1 Å². The Morgan fingerprint density at radius 2 is 1.83 bits per heavy atom. The molecule has 4 rings (SSSR count). The third kappa shape index (κ3) is 4.19. The fourth-order valence-electron chi connectivity index (χ4n) is 2.99. The quantitative estimate of drug-likeness (QED) is 0.479. The maximum Gasteiger partial charge on any atom is 0.376 e. The van der Waals surface area contributed by atoms with Gasteiger partial charge < -0.3 is 4.74 Å². The van der Waals surface area contributed by atoms with Crippen molar-refractivity contribution in [3.63, 3.8) is 0 Å². The molecule has 0 saturated carbocycles. The molecule has 0 aliphatic carbocycles. The maximum absolute atomic E-state index is 12.3. The number of rotatable bonds is 6. The van der Waals surface area contributed by atoms with Crippen molar-refractivity contribution < 1.29 is 14.3 Å². The van der Waals surface area contributed by atoms with Gasteiger partial charge in [0.1, 0.15) is 18.5 Å². The minimum absolute atomic E-state index is 0.0124. The number of carbonyl (C=O) groups is 2. The number of benzene rings is 2. The van der Waals surface area contributed by atoms with Crippen LogP contribution in [0.1, 0.15) is 28.5 Å². The van der Waals surface area contributed by atoms with Gasteiger partial charge >= 0.3 is 5.97 Å². The largest absolute Gasteiger partial charge is 0.455 e. The summed E-state index contributed by atoms with van der Waals surface area (Å²) in [5.41, 5.74) is 2.76. The first kappa shape index (κ1) is 18.5. The fourth-order valence-corrected chi connectivity index (χ4v) is 2.99. The number of nitrogens with zero attached hydrogens (tertiary/aromatic N) is 4. The van der Waals surface area contributed by atoms with Gasteiger partial charge in [0.25, 0.3) is 0 Å². The fraction of sp³-hybridized carbons (Fsp3) is 0.136. The molecule has 144 valence electrons. The zero-order valence-electron chi connectivity index (χ0n) is 15.5. The van der Waals surface area contributed by atoms with E-state index in [2.05, 4.69) is 15.1 Å². The number of esters is 1. The predicted molar refractivity (Wildman–Crippen MR) is 109 cm³/mol. The van der Waals surface area contributed by atoms with Crippen molar-refractivity contribution in [1.82, 2.24) is 9.78 Å². The summed E-state index contributed by atoms with van der Waals surface area (Å²) < 4.78 is 6.89. The number of ether oxygens (including phenoxy) is 1. The third-order valence-electron chi connectivity index (χ3n) is 4.44. The number of carbonyl (C=O) groups excluding carboxylic acids is 2. The van der Waals surface area contributed by atoms with Gasteiger partial charge in [0, 0.05) is 24.4 Å². The van der Waals surface area contributed by atoms with E-state index in [0.29, 0.717) is 17.7 Å². The molecule has 0 radical (unpaired) electrons. The van der Waals surface area contributed by atoms with Gasteiger partial charge in [-0.3, -0.25) is 4.79 Å². The molecule has 7 nitrogen and oxygen atoms in total. The van der Waals surface area contributed by atoms with E-state index in [-0.39, 0.29) is 12.4 Å². The minimum atomic E-state index is -0.596. The molecule has 1 aromatic heterocycles. The first-order chi connectivity index (χ1) is 14.2. The summed E-state index contributed by atoms with van der Waals surface area (Å²) in [6, 6.07) is 18.8. The van der Waals surface area contributed by atoms with Gasteiger partial charge in [0.15, 0.2) is 6.29 Å². The molecule has 3 aromatic rings. The topological polar surface area (TPSA) is 85.9 Å². The Morgan fingerprint density at radius 1 is 1.10 bits per heavy atom. The van der Waals surface area contributed by atoms with Gasteiger partial charge in [0.2, 0.25) is 5.84 Å². The highest BCUT2D eigenvalue weighted by molar-refractivity contribution is 6.37. The molecule has 1 aliphatic heterocycles. The summed E-state index contributed by atoms with van der Waals surface area (Å²) in [5, 5.41) is 4.53. The molecule has 0 bridgehead atoms. The van der Waals surface area contributed by atoms with E-state index in [1.54, 1.807) is 17.1 Å². The molecule has 0 spiro atoms. The van der Waals surface area contributed by atoms with Crippen molar-refractivity contribution in [3.8, 4) is 11.3 Å². The SMILES string of the molecule is O=Cc1cn(C2CC=NC(C(=O)OCc3ccccc3)=N2)nc1-c1ccccc1. The van der Waals surface area contributed by atoms with E-state index in [9.17, 15) is 9.59 Å². The summed E-state index contributed by atoms with van der Waals surface area (Å²) >= 11 is 0. The number of hydrogen-bond donors (Lipinski definition) is 0. The zero-order valence-corrected chi connectivity index (χ0v) is 15.5. The lowest BCUT2D eigenvalue weighted by atomic mass is 10.1. The van der Waals surface area contributed by atoms with Crippen LogP contribution in [0.5, 0.6) is 0 Å². The molecule has 0 amide bonds. The van der Waals surface area contributed by atoms with E-state index in [1.807, 2.05) is 60.7 Å². The molecule has 0 fully saturated rings. The molecule has 0 N–H and O–H groups in total. The number of aromatic nitrogens is 2. The second-order valence-electron chi connectivity index (χ2n) is 6.44. The van der Waals surface area contributed by atoms with Crippen molar-refractivity contribution in [2.75, 3.05) is 0 Å². The summed E-state index contributed by atoms with van der Waals surface area (Å²) in [6.07, 6.45) is 4.00. The minimum Gasteiger partial charge on any atom is -0.455 e. The molecule has 1 aliphatic rings. The van der Waals surface area contributed by atoms with Gasteiger partial charge in [-0.15, -0.1) is 0 Å². The van der Waals surface area contributed by atoms with Crippen LogP contribution in [0.4, 0.5) is 0 Å². The van der Waals surface area contributed by atoms with Crippen LogP contribution < -0.4 is 0 Å². The number of amidine groups is 1. The second kappa shape index (κ2) is 8.43. The molecule has 1 unspecified atom stereocenters. The number of aldehydes is 1. The Labute approximate surface area is 167 Å². The molecular formula is C22H18N4O3. The molecule has 1 atom stereocenters. The van der Waals surface area contributed by atoms with Crippen molar-refractivity contribution in [1.29, 1.82) is 0 Å². The summed E-state index contributed by atoms with van der Waals surface area (Å²) in [6.45, 7) is 0.147. The summed E-state index contributed by atoms with van der Waals surface area (Å²) in [5.74, 6) is -0.609. The Hall–Kier alpha value is -3.87. The smallest absolute Gasteiger partial charge is 0.376 e. The summed E-state index contributed by atoms with van der Waals surface area (Å²) in [4.78, 5) is 32.3. The van der Waals surface area contributed by atoms with E-state index in [4.69, 9.17) is 4.74 Å². The van der Waals surface area contributed by atoms with E-state index in [0.717, 1.165) is 17.4 Å². The lowest BCUT2D eigenvalue weighted by Gasteiger charge is -2.15. The van der Waals surface area contributed by atoms with Crippen LogP contribution >= 0.6 is 0 Å². The molecule has 29 heavy (non-hydrogen) atoms. The molecule has 0 saturated heterocycles. The highest BCUT2D eigenvalue weighted by Gasteiger charge is 2.22. The van der Waals surface area contributed by atoms with Crippen LogP contribution in [0.25, 0.3) is 11.3 Å².